The minimum Gasteiger partial charge on any atom is -0.355 e. The second-order valence-corrected chi connectivity index (χ2v) is 7.95. The van der Waals surface area contributed by atoms with Gasteiger partial charge in [-0.05, 0) is 31.0 Å². The minimum atomic E-state index is -0.450. The van der Waals surface area contributed by atoms with E-state index in [1.165, 1.54) is 5.56 Å². The van der Waals surface area contributed by atoms with E-state index in [1.54, 1.807) is 6.92 Å². The Labute approximate surface area is 174 Å². The summed E-state index contributed by atoms with van der Waals surface area (Å²) in [7, 11) is 0. The molecule has 2 aliphatic rings. The predicted octanol–water partition coefficient (Wildman–Crippen LogP) is 4.15. The first-order chi connectivity index (χ1) is 14.1. The molecule has 1 aromatic carbocycles. The highest BCUT2D eigenvalue weighted by atomic mass is 35.5. The lowest BCUT2D eigenvalue weighted by atomic mass is 10.0. The molecule has 3 aromatic rings. The number of rotatable bonds is 3. The van der Waals surface area contributed by atoms with E-state index in [0.717, 1.165) is 49.1 Å². The molecular weight excluding hydrogens is 392 g/mol. The number of fused-ring (bicyclic) bond motifs is 1. The number of aryl methyl sites for hydroxylation is 2. The summed E-state index contributed by atoms with van der Waals surface area (Å²) < 4.78 is 17.2. The summed E-state index contributed by atoms with van der Waals surface area (Å²) in [5.74, 6) is 1.28. The van der Waals surface area contributed by atoms with Gasteiger partial charge in [0.25, 0.3) is 5.89 Å². The molecule has 152 valence electrons. The Bertz CT molecular complexity index is 1050. The molecule has 0 aliphatic carbocycles. The number of piperidine rings is 1. The smallest absolute Gasteiger partial charge is 0.263 e. The van der Waals surface area contributed by atoms with Crippen molar-refractivity contribution in [3.63, 3.8) is 0 Å². The SMILES string of the molecule is CCc1ccc2nc(N3CCC4(CC3)OCCO4)c(-c3nc(C)no3)c(Cl)c2c1. The lowest BCUT2D eigenvalue weighted by Crippen LogP contribution is -2.45. The molecule has 2 saturated heterocycles. The summed E-state index contributed by atoms with van der Waals surface area (Å²) >= 11 is 6.92. The van der Waals surface area contributed by atoms with Crippen molar-refractivity contribution in [1.82, 2.24) is 15.1 Å². The fraction of sp³-hybridized carbons (Fsp3) is 0.476. The molecule has 5 rings (SSSR count). The summed E-state index contributed by atoms with van der Waals surface area (Å²) in [5.41, 5.74) is 2.75. The topological polar surface area (TPSA) is 73.5 Å². The van der Waals surface area contributed by atoms with E-state index in [2.05, 4.69) is 34.1 Å². The van der Waals surface area contributed by atoms with Crippen molar-refractivity contribution in [2.45, 2.75) is 38.9 Å². The highest BCUT2D eigenvalue weighted by molar-refractivity contribution is 6.38. The normalized spacial score (nSPS) is 18.8. The molecular formula is C21H23ClN4O3. The van der Waals surface area contributed by atoms with Crippen LogP contribution in [0, 0.1) is 6.92 Å². The number of pyridine rings is 1. The molecule has 2 aliphatic heterocycles. The van der Waals surface area contributed by atoms with Crippen LogP contribution in [0.5, 0.6) is 0 Å². The number of halogens is 1. The standard InChI is InChI=1S/C21H23ClN4O3/c1-3-14-4-5-16-15(12-14)18(22)17(20-23-13(2)25-29-20)19(24-16)26-8-6-21(7-9-26)27-10-11-28-21/h4-5,12H,3,6-11H2,1-2H3. The Hall–Kier alpha value is -2.22. The first-order valence-corrected chi connectivity index (χ1v) is 10.4. The molecule has 2 aromatic heterocycles. The van der Waals surface area contributed by atoms with Gasteiger partial charge in [0, 0.05) is 31.3 Å². The van der Waals surface area contributed by atoms with Gasteiger partial charge < -0.3 is 18.9 Å². The number of anilines is 1. The van der Waals surface area contributed by atoms with Gasteiger partial charge >= 0.3 is 0 Å². The van der Waals surface area contributed by atoms with E-state index in [0.29, 0.717) is 35.5 Å². The number of hydrogen-bond donors (Lipinski definition) is 0. The summed E-state index contributed by atoms with van der Waals surface area (Å²) in [5, 5.41) is 5.46. The van der Waals surface area contributed by atoms with Gasteiger partial charge in [0.1, 0.15) is 11.4 Å². The highest BCUT2D eigenvalue weighted by Crippen LogP contribution is 2.42. The highest BCUT2D eigenvalue weighted by Gasteiger charge is 2.41. The van der Waals surface area contributed by atoms with Crippen molar-refractivity contribution >= 4 is 28.3 Å². The van der Waals surface area contributed by atoms with Crippen molar-refractivity contribution in [1.29, 1.82) is 0 Å². The van der Waals surface area contributed by atoms with Gasteiger partial charge in [-0.3, -0.25) is 0 Å². The number of ether oxygens (including phenoxy) is 2. The van der Waals surface area contributed by atoms with Gasteiger partial charge in [0.15, 0.2) is 11.6 Å². The molecule has 0 bridgehead atoms. The van der Waals surface area contributed by atoms with E-state index in [1.807, 2.05) is 6.07 Å². The van der Waals surface area contributed by atoms with Gasteiger partial charge in [0.2, 0.25) is 0 Å². The van der Waals surface area contributed by atoms with Gasteiger partial charge in [-0.1, -0.05) is 29.7 Å². The van der Waals surface area contributed by atoms with Crippen LogP contribution in [0.15, 0.2) is 22.7 Å². The van der Waals surface area contributed by atoms with E-state index in [9.17, 15) is 0 Å². The van der Waals surface area contributed by atoms with Crippen LogP contribution in [0.25, 0.3) is 22.4 Å². The zero-order valence-corrected chi connectivity index (χ0v) is 17.3. The van der Waals surface area contributed by atoms with E-state index < -0.39 is 5.79 Å². The maximum atomic E-state index is 6.92. The molecule has 0 amide bonds. The number of benzene rings is 1. The first-order valence-electron chi connectivity index (χ1n) is 10.0. The van der Waals surface area contributed by atoms with Gasteiger partial charge in [0.05, 0.1) is 23.8 Å². The van der Waals surface area contributed by atoms with Crippen molar-refractivity contribution in [2.24, 2.45) is 0 Å². The van der Waals surface area contributed by atoms with Gasteiger partial charge in [-0.25, -0.2) is 4.98 Å². The number of aromatic nitrogens is 3. The van der Waals surface area contributed by atoms with Crippen LogP contribution in [-0.2, 0) is 15.9 Å². The van der Waals surface area contributed by atoms with Crippen LogP contribution in [0.3, 0.4) is 0 Å². The van der Waals surface area contributed by atoms with E-state index in [-0.39, 0.29) is 0 Å². The maximum absolute atomic E-state index is 6.92. The number of hydrogen-bond acceptors (Lipinski definition) is 7. The quantitative estimate of drug-likeness (QED) is 0.637. The van der Waals surface area contributed by atoms with Crippen molar-refractivity contribution < 1.29 is 14.0 Å². The molecule has 0 N–H and O–H groups in total. The van der Waals surface area contributed by atoms with Crippen LogP contribution in [0.4, 0.5) is 5.82 Å². The maximum Gasteiger partial charge on any atom is 0.263 e. The second kappa shape index (κ2) is 7.23. The van der Waals surface area contributed by atoms with Crippen LogP contribution in [0.2, 0.25) is 5.02 Å². The molecule has 29 heavy (non-hydrogen) atoms. The zero-order chi connectivity index (χ0) is 20.0. The largest absolute Gasteiger partial charge is 0.355 e. The van der Waals surface area contributed by atoms with Crippen LogP contribution in [0.1, 0.15) is 31.2 Å². The first kappa shape index (κ1) is 18.8. The fourth-order valence-electron chi connectivity index (χ4n) is 4.14. The van der Waals surface area contributed by atoms with E-state index in [4.69, 9.17) is 30.6 Å². The van der Waals surface area contributed by atoms with E-state index >= 15 is 0 Å². The summed E-state index contributed by atoms with van der Waals surface area (Å²) in [4.78, 5) is 11.6. The molecule has 8 heteroatoms. The lowest BCUT2D eigenvalue weighted by Gasteiger charge is -2.38. The third kappa shape index (κ3) is 3.27. The summed E-state index contributed by atoms with van der Waals surface area (Å²) in [6.07, 6.45) is 2.49. The van der Waals surface area contributed by atoms with Gasteiger partial charge in [-0.15, -0.1) is 0 Å². The molecule has 1 spiro atoms. The minimum absolute atomic E-state index is 0.396. The third-order valence-corrected chi connectivity index (χ3v) is 6.15. The molecule has 2 fully saturated rings. The lowest BCUT2D eigenvalue weighted by molar-refractivity contribution is -0.169. The molecule has 0 unspecified atom stereocenters. The average Bonchev–Trinajstić information content (AvgIpc) is 3.37. The number of nitrogens with zero attached hydrogens (tertiary/aromatic N) is 4. The molecule has 4 heterocycles. The Morgan fingerprint density at radius 1 is 1.14 bits per heavy atom. The molecule has 0 saturated carbocycles. The molecule has 0 radical (unpaired) electrons. The van der Waals surface area contributed by atoms with Crippen molar-refractivity contribution in [3.8, 4) is 11.5 Å². The van der Waals surface area contributed by atoms with Crippen molar-refractivity contribution in [2.75, 3.05) is 31.2 Å². The average molecular weight is 415 g/mol. The Morgan fingerprint density at radius 2 is 1.90 bits per heavy atom. The zero-order valence-electron chi connectivity index (χ0n) is 16.6. The Balaban J connectivity index is 1.61. The monoisotopic (exact) mass is 414 g/mol. The van der Waals surface area contributed by atoms with Crippen LogP contribution >= 0.6 is 11.6 Å². The fourth-order valence-corrected chi connectivity index (χ4v) is 4.46. The molecule has 0 atom stereocenters. The Kier molecular flexibility index (Phi) is 4.69. The van der Waals surface area contributed by atoms with Gasteiger partial charge in [-0.2, -0.15) is 4.98 Å². The molecule has 7 nitrogen and oxygen atoms in total. The predicted molar refractivity (Wildman–Crippen MR) is 110 cm³/mol. The van der Waals surface area contributed by atoms with Crippen molar-refractivity contribution in [3.05, 3.63) is 34.6 Å². The van der Waals surface area contributed by atoms with Crippen LogP contribution < -0.4 is 4.90 Å². The third-order valence-electron chi connectivity index (χ3n) is 5.75. The van der Waals surface area contributed by atoms with Crippen LogP contribution in [-0.4, -0.2) is 47.2 Å². The summed E-state index contributed by atoms with van der Waals surface area (Å²) in [6.45, 7) is 6.74. The Morgan fingerprint density at radius 3 is 2.55 bits per heavy atom. The summed E-state index contributed by atoms with van der Waals surface area (Å²) in [6, 6.07) is 6.21. The second-order valence-electron chi connectivity index (χ2n) is 7.57.